The molecule has 0 spiro atoms. The quantitative estimate of drug-likeness (QED) is 0.223. The number of nitrogens with one attached hydrogen (secondary N) is 2. The summed E-state index contributed by atoms with van der Waals surface area (Å²) in [5.41, 5.74) is 4.60. The number of thiophene rings is 1. The maximum Gasteiger partial charge on any atom is 0.277 e. The van der Waals surface area contributed by atoms with E-state index in [0.29, 0.717) is 25.0 Å². The van der Waals surface area contributed by atoms with E-state index < -0.39 is 5.91 Å². The van der Waals surface area contributed by atoms with E-state index in [9.17, 15) is 4.79 Å². The summed E-state index contributed by atoms with van der Waals surface area (Å²) < 4.78 is 6.68. The summed E-state index contributed by atoms with van der Waals surface area (Å²) >= 11 is 1.71. The Labute approximate surface area is 226 Å². The summed E-state index contributed by atoms with van der Waals surface area (Å²) in [4.78, 5) is 36.3. The highest BCUT2D eigenvalue weighted by Crippen LogP contribution is 2.42. The van der Waals surface area contributed by atoms with Crippen LogP contribution in [0.25, 0.3) is 32.5 Å². The lowest BCUT2D eigenvalue weighted by Gasteiger charge is -2.28. The Morgan fingerprint density at radius 1 is 1.13 bits per heavy atom. The fraction of sp³-hybridized carbons (Fsp3) is 0.308. The topological polar surface area (TPSA) is 145 Å². The molecule has 2 saturated heterocycles. The van der Waals surface area contributed by atoms with Crippen molar-refractivity contribution in [2.24, 2.45) is 0 Å². The SMILES string of the molecule is O=C(NO)c1cnc(N2CCCC2c2cc3nc(-c4cccc5[nH]ncc45)nc(N4CCOCC4)c3s2)nc1. The van der Waals surface area contributed by atoms with Gasteiger partial charge in [-0.1, -0.05) is 12.1 Å². The van der Waals surface area contributed by atoms with E-state index in [2.05, 4.69) is 36.0 Å². The number of morpholine rings is 1. The first kappa shape index (κ1) is 23.9. The van der Waals surface area contributed by atoms with E-state index in [1.807, 2.05) is 24.4 Å². The van der Waals surface area contributed by atoms with Crippen molar-refractivity contribution in [1.29, 1.82) is 0 Å². The number of anilines is 2. The van der Waals surface area contributed by atoms with E-state index >= 15 is 0 Å². The van der Waals surface area contributed by atoms with Crippen molar-refractivity contribution in [2.45, 2.75) is 18.9 Å². The number of carbonyl (C=O) groups is 1. The van der Waals surface area contributed by atoms with Crippen molar-refractivity contribution in [1.82, 2.24) is 35.6 Å². The first-order valence-electron chi connectivity index (χ1n) is 12.8. The van der Waals surface area contributed by atoms with E-state index in [4.69, 9.17) is 19.9 Å². The maximum absolute atomic E-state index is 11.7. The highest BCUT2D eigenvalue weighted by Gasteiger charge is 2.31. The molecule has 12 nitrogen and oxygen atoms in total. The molecule has 1 unspecified atom stereocenters. The third-order valence-corrected chi connectivity index (χ3v) is 8.47. The third-order valence-electron chi connectivity index (χ3n) is 7.25. The molecule has 2 fully saturated rings. The molecule has 39 heavy (non-hydrogen) atoms. The van der Waals surface area contributed by atoms with Crippen molar-refractivity contribution in [3.8, 4) is 11.4 Å². The Kier molecular flexibility index (Phi) is 6.02. The number of nitrogens with zero attached hydrogens (tertiary/aromatic N) is 7. The van der Waals surface area contributed by atoms with Gasteiger partial charge in [-0.3, -0.25) is 15.1 Å². The predicted octanol–water partition coefficient (Wildman–Crippen LogP) is 3.32. The lowest BCUT2D eigenvalue weighted by molar-refractivity contribution is 0.0705. The minimum absolute atomic E-state index is 0.0833. The molecular formula is C26H25N9O3S. The molecular weight excluding hydrogens is 518 g/mol. The number of amides is 1. The average Bonchev–Trinajstić information content (AvgIpc) is 3.76. The van der Waals surface area contributed by atoms with Gasteiger partial charge in [0.2, 0.25) is 5.95 Å². The van der Waals surface area contributed by atoms with Gasteiger partial charge >= 0.3 is 0 Å². The first-order valence-corrected chi connectivity index (χ1v) is 13.6. The Balaban J connectivity index is 1.31. The second kappa shape index (κ2) is 9.84. The number of benzene rings is 1. The normalized spacial score (nSPS) is 17.8. The molecule has 198 valence electrons. The number of carbonyl (C=O) groups excluding carboxylic acids is 1. The zero-order valence-electron chi connectivity index (χ0n) is 20.9. The lowest BCUT2D eigenvalue weighted by atomic mass is 10.1. The van der Waals surface area contributed by atoms with E-state index in [-0.39, 0.29) is 11.6 Å². The van der Waals surface area contributed by atoms with Crippen LogP contribution in [-0.2, 0) is 4.74 Å². The highest BCUT2D eigenvalue weighted by molar-refractivity contribution is 7.19. The molecule has 1 amide bonds. The summed E-state index contributed by atoms with van der Waals surface area (Å²) in [6.45, 7) is 3.67. The van der Waals surface area contributed by atoms with Gasteiger partial charge in [0, 0.05) is 47.9 Å². The van der Waals surface area contributed by atoms with Gasteiger partial charge < -0.3 is 14.5 Å². The number of H-pyrrole nitrogens is 1. The van der Waals surface area contributed by atoms with E-state index in [0.717, 1.165) is 65.0 Å². The summed E-state index contributed by atoms with van der Waals surface area (Å²) in [5.74, 6) is 1.51. The van der Waals surface area contributed by atoms with Gasteiger partial charge in [-0.25, -0.2) is 25.4 Å². The average molecular weight is 544 g/mol. The second-order valence-corrected chi connectivity index (χ2v) is 10.6. The summed E-state index contributed by atoms with van der Waals surface area (Å²) in [6, 6.07) is 8.27. The van der Waals surface area contributed by atoms with Crippen LogP contribution in [0.2, 0.25) is 0 Å². The van der Waals surface area contributed by atoms with Crippen LogP contribution in [-0.4, -0.2) is 74.1 Å². The molecule has 6 heterocycles. The molecule has 1 aromatic carbocycles. The van der Waals surface area contributed by atoms with Crippen molar-refractivity contribution in [3.63, 3.8) is 0 Å². The molecule has 13 heteroatoms. The molecule has 0 bridgehead atoms. The predicted molar refractivity (Wildman–Crippen MR) is 146 cm³/mol. The fourth-order valence-electron chi connectivity index (χ4n) is 5.32. The van der Waals surface area contributed by atoms with Crippen LogP contribution in [0.15, 0.2) is 42.9 Å². The fourth-order valence-corrected chi connectivity index (χ4v) is 6.59. The van der Waals surface area contributed by atoms with Crippen LogP contribution in [0.5, 0.6) is 0 Å². The smallest absolute Gasteiger partial charge is 0.277 e. The molecule has 2 aliphatic rings. The zero-order chi connectivity index (χ0) is 26.3. The molecule has 0 saturated carbocycles. The van der Waals surface area contributed by atoms with Gasteiger partial charge in [-0.2, -0.15) is 5.10 Å². The van der Waals surface area contributed by atoms with E-state index in [1.165, 1.54) is 17.3 Å². The van der Waals surface area contributed by atoms with Gasteiger partial charge in [0.25, 0.3) is 5.91 Å². The van der Waals surface area contributed by atoms with Crippen molar-refractivity contribution < 1.29 is 14.7 Å². The van der Waals surface area contributed by atoms with E-state index in [1.54, 1.807) is 16.8 Å². The van der Waals surface area contributed by atoms with Gasteiger partial charge in [0.15, 0.2) is 11.6 Å². The first-order chi connectivity index (χ1) is 19.2. The Bertz CT molecular complexity index is 1660. The number of rotatable bonds is 5. The van der Waals surface area contributed by atoms with Gasteiger partial charge in [-0.15, -0.1) is 11.3 Å². The molecule has 7 rings (SSSR count). The van der Waals surface area contributed by atoms with Gasteiger partial charge in [0.05, 0.1) is 46.7 Å². The van der Waals surface area contributed by atoms with Crippen molar-refractivity contribution >= 4 is 50.1 Å². The van der Waals surface area contributed by atoms with Crippen LogP contribution in [0, 0.1) is 0 Å². The van der Waals surface area contributed by atoms with Crippen LogP contribution in [0.3, 0.4) is 0 Å². The third kappa shape index (κ3) is 4.24. The number of aromatic amines is 1. The maximum atomic E-state index is 11.7. The number of ether oxygens (including phenoxy) is 1. The minimum atomic E-state index is -0.639. The summed E-state index contributed by atoms with van der Waals surface area (Å²) in [7, 11) is 0. The number of hydrogen-bond donors (Lipinski definition) is 3. The highest BCUT2D eigenvalue weighted by atomic mass is 32.1. The van der Waals surface area contributed by atoms with Crippen LogP contribution < -0.4 is 15.3 Å². The molecule has 0 aliphatic carbocycles. The number of hydroxylamine groups is 1. The Hall–Kier alpha value is -4.20. The standard InChI is InChI=1S/C26H25N9O3S/c36-25(33-37)15-12-27-26(28-13-15)35-6-2-5-20(35)21-11-19-22(39-21)24(34-7-9-38-10-8-34)31-23(30-19)16-3-1-4-18-17(16)14-29-32-18/h1,3-4,11-14,20,37H,2,5-10H2,(H,29,32)(H,33,36). The monoisotopic (exact) mass is 543 g/mol. The Morgan fingerprint density at radius 3 is 2.79 bits per heavy atom. The molecule has 3 N–H and O–H groups in total. The number of aromatic nitrogens is 6. The van der Waals surface area contributed by atoms with Crippen molar-refractivity contribution in [3.05, 3.63) is 53.3 Å². The van der Waals surface area contributed by atoms with Crippen LogP contribution >= 0.6 is 11.3 Å². The molecule has 5 aromatic rings. The molecule has 4 aromatic heterocycles. The van der Waals surface area contributed by atoms with Gasteiger partial charge in [0.1, 0.15) is 0 Å². The summed E-state index contributed by atoms with van der Waals surface area (Å²) in [6.07, 6.45) is 6.63. The largest absolute Gasteiger partial charge is 0.378 e. The van der Waals surface area contributed by atoms with Crippen LogP contribution in [0.4, 0.5) is 11.8 Å². The molecule has 0 radical (unpaired) electrons. The zero-order valence-corrected chi connectivity index (χ0v) is 21.7. The lowest BCUT2D eigenvalue weighted by Crippen LogP contribution is -2.36. The minimum Gasteiger partial charge on any atom is -0.378 e. The number of hydrogen-bond acceptors (Lipinski definition) is 11. The summed E-state index contributed by atoms with van der Waals surface area (Å²) in [5, 5.41) is 17.1. The Morgan fingerprint density at radius 2 is 1.97 bits per heavy atom. The molecule has 1 atom stereocenters. The van der Waals surface area contributed by atoms with Crippen LogP contribution in [0.1, 0.15) is 34.1 Å². The van der Waals surface area contributed by atoms with Gasteiger partial charge in [-0.05, 0) is 25.0 Å². The number of fused-ring (bicyclic) bond motifs is 2. The molecule has 2 aliphatic heterocycles. The second-order valence-electron chi connectivity index (χ2n) is 9.53. The van der Waals surface area contributed by atoms with Crippen molar-refractivity contribution in [2.75, 3.05) is 42.6 Å².